The van der Waals surface area contributed by atoms with Crippen LogP contribution >= 0.6 is 0 Å². The first-order valence-corrected chi connectivity index (χ1v) is 9.99. The third-order valence-electron chi connectivity index (χ3n) is 5.56. The molecule has 0 saturated carbocycles. The van der Waals surface area contributed by atoms with E-state index in [0.717, 1.165) is 32.3 Å². The van der Waals surface area contributed by atoms with Crippen molar-refractivity contribution < 1.29 is 14.0 Å². The molecule has 0 spiro atoms. The average molecular weight is 358 g/mol. The lowest BCUT2D eigenvalue weighted by Gasteiger charge is -2.32. The largest absolute Gasteiger partial charge is 0.490 e. The number of hydrogen-bond donors (Lipinski definition) is 0. The highest BCUT2D eigenvalue weighted by Gasteiger charge is 2.52. The van der Waals surface area contributed by atoms with Crippen molar-refractivity contribution in [2.75, 3.05) is 6.61 Å². The Hall–Kier alpha value is -1.10. The van der Waals surface area contributed by atoms with E-state index in [9.17, 15) is 0 Å². The Kier molecular flexibility index (Phi) is 7.51. The SMILES string of the molecule is CCOC(CC)C/C(=C/CCc1ccccc1)B1OC(C)(C)C(C)(C)O1. The molecule has 3 nitrogen and oxygen atoms in total. The van der Waals surface area contributed by atoms with Crippen LogP contribution in [0.4, 0.5) is 0 Å². The fourth-order valence-corrected chi connectivity index (χ4v) is 3.16. The summed E-state index contributed by atoms with van der Waals surface area (Å²) in [6.07, 6.45) is 6.36. The van der Waals surface area contributed by atoms with Crippen molar-refractivity contribution in [3.05, 3.63) is 47.4 Å². The van der Waals surface area contributed by atoms with Gasteiger partial charge in [0.2, 0.25) is 0 Å². The Bertz CT molecular complexity index is 564. The van der Waals surface area contributed by atoms with Crippen LogP contribution in [-0.2, 0) is 20.5 Å². The minimum absolute atomic E-state index is 0.210. The van der Waals surface area contributed by atoms with Gasteiger partial charge in [-0.1, -0.05) is 43.3 Å². The van der Waals surface area contributed by atoms with E-state index in [1.54, 1.807) is 0 Å². The van der Waals surface area contributed by atoms with Crippen LogP contribution in [0.15, 0.2) is 41.9 Å². The zero-order chi connectivity index (χ0) is 19.2. The molecule has 0 N–H and O–H groups in total. The molecule has 1 aliphatic heterocycles. The monoisotopic (exact) mass is 358 g/mol. The Morgan fingerprint density at radius 3 is 2.23 bits per heavy atom. The molecule has 1 aliphatic rings. The van der Waals surface area contributed by atoms with E-state index >= 15 is 0 Å². The van der Waals surface area contributed by atoms with Crippen LogP contribution in [0, 0.1) is 0 Å². The lowest BCUT2D eigenvalue weighted by molar-refractivity contribution is 0.00578. The van der Waals surface area contributed by atoms with Crippen LogP contribution in [0.3, 0.4) is 0 Å². The lowest BCUT2D eigenvalue weighted by Crippen LogP contribution is -2.41. The van der Waals surface area contributed by atoms with Crippen molar-refractivity contribution in [3.63, 3.8) is 0 Å². The first kappa shape index (κ1) is 21.2. The lowest BCUT2D eigenvalue weighted by atomic mass is 9.74. The van der Waals surface area contributed by atoms with Crippen LogP contribution in [-0.4, -0.2) is 31.0 Å². The minimum Gasteiger partial charge on any atom is -0.400 e. The molecule has 2 rings (SSSR count). The molecular formula is C22H35BO3. The molecular weight excluding hydrogens is 323 g/mol. The molecule has 1 saturated heterocycles. The third kappa shape index (κ3) is 5.45. The predicted molar refractivity (Wildman–Crippen MR) is 109 cm³/mol. The highest BCUT2D eigenvalue weighted by atomic mass is 16.7. The number of allylic oxidation sites excluding steroid dienone is 1. The van der Waals surface area contributed by atoms with Crippen LogP contribution in [0.1, 0.15) is 66.4 Å². The summed E-state index contributed by atoms with van der Waals surface area (Å²) in [6.45, 7) is 13.4. The Labute approximate surface area is 160 Å². The molecule has 0 radical (unpaired) electrons. The number of benzene rings is 1. The molecule has 1 heterocycles. The standard InChI is InChI=1S/C22H35BO3/c1-7-20(24-8-2)17-19(16-12-15-18-13-10-9-11-14-18)23-25-21(3,4)22(5,6)26-23/h9-11,13-14,16,20H,7-8,12,15,17H2,1-6H3/b19-16-. The Morgan fingerprint density at radius 1 is 1.08 bits per heavy atom. The number of hydrogen-bond acceptors (Lipinski definition) is 3. The topological polar surface area (TPSA) is 27.7 Å². The van der Waals surface area contributed by atoms with Gasteiger partial charge in [-0.15, -0.1) is 0 Å². The van der Waals surface area contributed by atoms with Crippen LogP contribution < -0.4 is 0 Å². The van der Waals surface area contributed by atoms with Gasteiger partial charge in [-0.3, -0.25) is 0 Å². The van der Waals surface area contributed by atoms with Crippen molar-refractivity contribution in [3.8, 4) is 0 Å². The quantitative estimate of drug-likeness (QED) is 0.555. The van der Waals surface area contributed by atoms with Gasteiger partial charge in [0.05, 0.1) is 17.3 Å². The van der Waals surface area contributed by atoms with Gasteiger partial charge >= 0.3 is 7.12 Å². The van der Waals surface area contributed by atoms with Crippen molar-refractivity contribution >= 4 is 7.12 Å². The molecule has 1 aromatic carbocycles. The second-order valence-electron chi connectivity index (χ2n) is 8.08. The van der Waals surface area contributed by atoms with Crippen molar-refractivity contribution in [2.24, 2.45) is 0 Å². The Morgan fingerprint density at radius 2 is 1.69 bits per heavy atom. The molecule has 0 aliphatic carbocycles. The van der Waals surface area contributed by atoms with Gasteiger partial charge in [-0.05, 0) is 71.3 Å². The van der Waals surface area contributed by atoms with E-state index in [4.69, 9.17) is 14.0 Å². The third-order valence-corrected chi connectivity index (χ3v) is 5.56. The van der Waals surface area contributed by atoms with Crippen LogP contribution in [0.5, 0.6) is 0 Å². The first-order chi connectivity index (χ1) is 12.3. The molecule has 4 heteroatoms. The van der Waals surface area contributed by atoms with Gasteiger partial charge in [0.1, 0.15) is 0 Å². The molecule has 1 aromatic rings. The van der Waals surface area contributed by atoms with Crippen LogP contribution in [0.25, 0.3) is 0 Å². The van der Waals surface area contributed by atoms with Gasteiger partial charge in [-0.25, -0.2) is 0 Å². The number of ether oxygens (including phenoxy) is 1. The number of rotatable bonds is 9. The summed E-state index contributed by atoms with van der Waals surface area (Å²) >= 11 is 0. The van der Waals surface area contributed by atoms with Crippen molar-refractivity contribution in [2.45, 2.75) is 84.5 Å². The molecule has 1 atom stereocenters. The summed E-state index contributed by atoms with van der Waals surface area (Å²) in [5, 5.41) is 0. The smallest absolute Gasteiger partial charge is 0.400 e. The van der Waals surface area contributed by atoms with Gasteiger partial charge in [-0.2, -0.15) is 0 Å². The Balaban J connectivity index is 2.12. The summed E-state index contributed by atoms with van der Waals surface area (Å²) in [4.78, 5) is 0. The summed E-state index contributed by atoms with van der Waals surface area (Å²) in [6, 6.07) is 10.6. The zero-order valence-electron chi connectivity index (χ0n) is 17.4. The predicted octanol–water partition coefficient (Wildman–Crippen LogP) is 5.38. The second kappa shape index (κ2) is 9.21. The van der Waals surface area contributed by atoms with Crippen molar-refractivity contribution in [1.29, 1.82) is 0 Å². The molecule has 0 bridgehead atoms. The van der Waals surface area contributed by atoms with E-state index in [2.05, 4.69) is 78.0 Å². The second-order valence-corrected chi connectivity index (χ2v) is 8.08. The summed E-state index contributed by atoms with van der Waals surface area (Å²) in [7, 11) is -0.287. The van der Waals surface area contributed by atoms with Crippen molar-refractivity contribution in [1.82, 2.24) is 0 Å². The van der Waals surface area contributed by atoms with Gasteiger partial charge in [0.15, 0.2) is 0 Å². The maximum Gasteiger partial charge on any atom is 0.490 e. The minimum atomic E-state index is -0.316. The molecule has 144 valence electrons. The number of aryl methyl sites for hydroxylation is 1. The molecule has 0 aromatic heterocycles. The van der Waals surface area contributed by atoms with Gasteiger partial charge in [0.25, 0.3) is 0 Å². The van der Waals surface area contributed by atoms with Crippen LogP contribution in [0.2, 0.25) is 0 Å². The normalized spacial score (nSPS) is 20.4. The highest BCUT2D eigenvalue weighted by Crippen LogP contribution is 2.39. The van der Waals surface area contributed by atoms with E-state index in [0.29, 0.717) is 0 Å². The molecule has 1 unspecified atom stereocenters. The molecule has 26 heavy (non-hydrogen) atoms. The summed E-state index contributed by atoms with van der Waals surface area (Å²) in [5.41, 5.74) is 1.93. The summed E-state index contributed by atoms with van der Waals surface area (Å²) in [5.74, 6) is 0. The average Bonchev–Trinajstić information content (AvgIpc) is 2.81. The maximum absolute atomic E-state index is 6.31. The fourth-order valence-electron chi connectivity index (χ4n) is 3.16. The van der Waals surface area contributed by atoms with Gasteiger partial charge < -0.3 is 14.0 Å². The van der Waals surface area contributed by atoms with E-state index in [1.807, 2.05) is 0 Å². The maximum atomic E-state index is 6.31. The molecule has 0 amide bonds. The fraction of sp³-hybridized carbons (Fsp3) is 0.636. The van der Waals surface area contributed by atoms with E-state index in [1.165, 1.54) is 11.0 Å². The zero-order valence-corrected chi connectivity index (χ0v) is 17.4. The molecule has 1 fully saturated rings. The highest BCUT2D eigenvalue weighted by molar-refractivity contribution is 6.54. The van der Waals surface area contributed by atoms with E-state index < -0.39 is 0 Å². The van der Waals surface area contributed by atoms with E-state index in [-0.39, 0.29) is 24.4 Å². The first-order valence-electron chi connectivity index (χ1n) is 9.99. The summed E-state index contributed by atoms with van der Waals surface area (Å²) < 4.78 is 18.5. The van der Waals surface area contributed by atoms with Gasteiger partial charge in [0, 0.05) is 6.61 Å².